The number of carbonyl (C=O) groups is 1. The largest absolute Gasteiger partial charge is 0.461 e. The van der Waals surface area contributed by atoms with Gasteiger partial charge in [0.2, 0.25) is 0 Å². The van der Waals surface area contributed by atoms with Crippen LogP contribution in [0.2, 0.25) is 0 Å². The molecule has 1 heterocycles. The molecule has 18 heavy (non-hydrogen) atoms. The molecule has 0 N–H and O–H groups in total. The molecule has 0 aromatic carbocycles. The van der Waals surface area contributed by atoms with Crippen LogP contribution in [0.4, 0.5) is 0 Å². The molecule has 1 aliphatic carbocycles. The first-order chi connectivity index (χ1) is 8.52. The Morgan fingerprint density at radius 1 is 1.61 bits per heavy atom. The van der Waals surface area contributed by atoms with E-state index in [-0.39, 0.29) is 12.1 Å². The lowest BCUT2D eigenvalue weighted by Crippen LogP contribution is -2.07. The van der Waals surface area contributed by atoms with Gasteiger partial charge >= 0.3 is 5.97 Å². The summed E-state index contributed by atoms with van der Waals surface area (Å²) in [5, 5.41) is 0.821. The van der Waals surface area contributed by atoms with Gasteiger partial charge in [0, 0.05) is 7.11 Å². The molecule has 0 spiro atoms. The number of hydrogen-bond acceptors (Lipinski definition) is 5. The van der Waals surface area contributed by atoms with Crippen molar-refractivity contribution in [3.05, 3.63) is 15.6 Å². The van der Waals surface area contributed by atoms with Gasteiger partial charge in [0.05, 0.1) is 12.3 Å². The van der Waals surface area contributed by atoms with Gasteiger partial charge in [-0.2, -0.15) is 0 Å². The third-order valence-corrected chi connectivity index (χ3v) is 4.70. The fourth-order valence-electron chi connectivity index (χ4n) is 1.76. The fourth-order valence-corrected chi connectivity index (χ4v) is 2.75. The second-order valence-electron chi connectivity index (χ2n) is 4.92. The zero-order valence-electron chi connectivity index (χ0n) is 11.2. The molecule has 4 nitrogen and oxygen atoms in total. The fraction of sp³-hybridized carbons (Fsp3) is 0.692. The van der Waals surface area contributed by atoms with Crippen LogP contribution in [0.3, 0.4) is 0 Å². The molecule has 0 saturated heterocycles. The summed E-state index contributed by atoms with van der Waals surface area (Å²) in [6, 6.07) is 0. The van der Waals surface area contributed by atoms with E-state index in [4.69, 9.17) is 9.47 Å². The van der Waals surface area contributed by atoms with Gasteiger partial charge in [-0.05, 0) is 32.1 Å². The Morgan fingerprint density at radius 3 is 2.83 bits per heavy atom. The number of esters is 1. The summed E-state index contributed by atoms with van der Waals surface area (Å²) in [4.78, 5) is 16.9. The summed E-state index contributed by atoms with van der Waals surface area (Å²) in [5.41, 5.74) is 0.729. The number of ether oxygens (including phenoxy) is 2. The summed E-state index contributed by atoms with van der Waals surface area (Å²) < 4.78 is 10.5. The Bertz CT molecular complexity index is 443. The monoisotopic (exact) mass is 269 g/mol. The zero-order chi connectivity index (χ0) is 13.3. The second kappa shape index (κ2) is 5.36. The first-order valence-electron chi connectivity index (χ1n) is 6.20. The van der Waals surface area contributed by atoms with E-state index in [0.29, 0.717) is 23.3 Å². The van der Waals surface area contributed by atoms with Crippen LogP contribution < -0.4 is 0 Å². The first kappa shape index (κ1) is 13.5. The third kappa shape index (κ3) is 2.90. The highest BCUT2D eigenvalue weighted by Crippen LogP contribution is 2.38. The normalized spacial score (nSPS) is 23.8. The van der Waals surface area contributed by atoms with Crippen LogP contribution in [0.25, 0.3) is 0 Å². The predicted molar refractivity (Wildman–Crippen MR) is 69.8 cm³/mol. The van der Waals surface area contributed by atoms with Crippen molar-refractivity contribution in [3.8, 4) is 0 Å². The van der Waals surface area contributed by atoms with Crippen molar-refractivity contribution in [1.82, 2.24) is 4.98 Å². The smallest absolute Gasteiger partial charge is 0.350 e. The second-order valence-corrected chi connectivity index (χ2v) is 5.95. The lowest BCUT2D eigenvalue weighted by Gasteiger charge is -2.03. The minimum absolute atomic E-state index is 0.0845. The highest BCUT2D eigenvalue weighted by Gasteiger charge is 2.34. The van der Waals surface area contributed by atoms with Gasteiger partial charge in [-0.25, -0.2) is 9.78 Å². The molecular weight excluding hydrogens is 250 g/mol. The van der Waals surface area contributed by atoms with Crippen LogP contribution in [0.5, 0.6) is 0 Å². The summed E-state index contributed by atoms with van der Waals surface area (Å²) >= 11 is 1.36. The van der Waals surface area contributed by atoms with E-state index in [1.165, 1.54) is 17.8 Å². The lowest BCUT2D eigenvalue weighted by molar-refractivity contribution is 0.0486. The summed E-state index contributed by atoms with van der Waals surface area (Å²) in [6.07, 6.45) is 1.08. The predicted octanol–water partition coefficient (Wildman–Crippen LogP) is 2.97. The highest BCUT2D eigenvalue weighted by molar-refractivity contribution is 7.13. The molecule has 1 saturated carbocycles. The molecule has 0 bridgehead atoms. The van der Waals surface area contributed by atoms with Crippen molar-refractivity contribution >= 4 is 17.3 Å². The van der Waals surface area contributed by atoms with Crippen molar-refractivity contribution < 1.29 is 14.3 Å². The van der Waals surface area contributed by atoms with Crippen LogP contribution in [-0.4, -0.2) is 24.7 Å². The van der Waals surface area contributed by atoms with E-state index in [9.17, 15) is 4.79 Å². The average Bonchev–Trinajstić information content (AvgIpc) is 2.91. The van der Waals surface area contributed by atoms with E-state index < -0.39 is 0 Å². The molecule has 1 aliphatic rings. The van der Waals surface area contributed by atoms with Crippen molar-refractivity contribution in [2.75, 3.05) is 13.7 Å². The summed E-state index contributed by atoms with van der Waals surface area (Å²) in [7, 11) is 1.63. The minimum atomic E-state index is -0.251. The van der Waals surface area contributed by atoms with Crippen LogP contribution in [0, 0.1) is 18.8 Å². The lowest BCUT2D eigenvalue weighted by atomic mass is 10.3. The van der Waals surface area contributed by atoms with Gasteiger partial charge in [-0.3, -0.25) is 0 Å². The molecule has 1 fully saturated rings. The number of methoxy groups -OCH3 is 1. The number of nitrogens with zero attached hydrogens (tertiary/aromatic N) is 1. The van der Waals surface area contributed by atoms with E-state index in [1.54, 1.807) is 7.11 Å². The molecule has 0 unspecified atom stereocenters. The van der Waals surface area contributed by atoms with Gasteiger partial charge in [-0.15, -0.1) is 11.3 Å². The molecule has 0 radical (unpaired) electrons. The zero-order valence-corrected chi connectivity index (χ0v) is 12.0. The van der Waals surface area contributed by atoms with Crippen molar-refractivity contribution in [3.63, 3.8) is 0 Å². The number of aryl methyl sites for hydroxylation is 1. The molecule has 0 aliphatic heterocycles. The standard InChI is InChI=1S/C13H19NO3S/c1-7-5-10(7)6-17-13(15)11-8(2)14-12(18-11)9(3)16-4/h7,9-10H,5-6H2,1-4H3/t7-,9-,10+/m1/s1. The molecule has 1 aromatic heterocycles. The van der Waals surface area contributed by atoms with E-state index in [1.807, 2.05) is 13.8 Å². The number of hydrogen-bond donors (Lipinski definition) is 0. The Morgan fingerprint density at radius 2 is 2.28 bits per heavy atom. The number of thiazole rings is 1. The molecular formula is C13H19NO3S. The molecule has 0 amide bonds. The van der Waals surface area contributed by atoms with Gasteiger partial charge < -0.3 is 9.47 Å². The topological polar surface area (TPSA) is 48.4 Å². The van der Waals surface area contributed by atoms with Crippen LogP contribution >= 0.6 is 11.3 Å². The average molecular weight is 269 g/mol. The Balaban J connectivity index is 1.98. The first-order valence-corrected chi connectivity index (χ1v) is 7.01. The molecule has 3 atom stereocenters. The third-order valence-electron chi connectivity index (χ3n) is 3.40. The van der Waals surface area contributed by atoms with Gasteiger partial charge in [-0.1, -0.05) is 6.92 Å². The SMILES string of the molecule is CO[C@H](C)c1nc(C)c(C(=O)OC[C@@H]2C[C@H]2C)s1. The highest BCUT2D eigenvalue weighted by atomic mass is 32.1. The maximum atomic E-state index is 11.9. The van der Waals surface area contributed by atoms with Crippen molar-refractivity contribution in [2.24, 2.45) is 11.8 Å². The van der Waals surface area contributed by atoms with Crippen LogP contribution in [0.1, 0.15) is 46.7 Å². The molecule has 1 aromatic rings. The van der Waals surface area contributed by atoms with E-state index in [0.717, 1.165) is 10.7 Å². The van der Waals surface area contributed by atoms with Crippen LogP contribution in [0.15, 0.2) is 0 Å². The van der Waals surface area contributed by atoms with Crippen molar-refractivity contribution in [1.29, 1.82) is 0 Å². The maximum Gasteiger partial charge on any atom is 0.350 e. The van der Waals surface area contributed by atoms with Crippen molar-refractivity contribution in [2.45, 2.75) is 33.3 Å². The number of carbonyl (C=O) groups excluding carboxylic acids is 1. The van der Waals surface area contributed by atoms with E-state index >= 15 is 0 Å². The quantitative estimate of drug-likeness (QED) is 0.771. The molecule has 5 heteroatoms. The number of aromatic nitrogens is 1. The Kier molecular flexibility index (Phi) is 4.02. The summed E-state index contributed by atoms with van der Waals surface area (Å²) in [6.45, 7) is 6.46. The van der Waals surface area contributed by atoms with Gasteiger partial charge in [0.1, 0.15) is 16.0 Å². The Labute approximate surface area is 111 Å². The van der Waals surface area contributed by atoms with Gasteiger partial charge in [0.15, 0.2) is 0 Å². The maximum absolute atomic E-state index is 11.9. The summed E-state index contributed by atoms with van der Waals surface area (Å²) in [5.74, 6) is 1.00. The number of rotatable bonds is 5. The minimum Gasteiger partial charge on any atom is -0.461 e. The molecule has 2 rings (SSSR count). The Hall–Kier alpha value is -0.940. The molecule has 100 valence electrons. The van der Waals surface area contributed by atoms with Crippen LogP contribution in [-0.2, 0) is 9.47 Å². The van der Waals surface area contributed by atoms with Gasteiger partial charge in [0.25, 0.3) is 0 Å². The van der Waals surface area contributed by atoms with E-state index in [2.05, 4.69) is 11.9 Å².